The van der Waals surface area contributed by atoms with Gasteiger partial charge < -0.3 is 16.6 Å². The molecule has 0 unspecified atom stereocenters. The first kappa shape index (κ1) is 11.3. The Hall–Kier alpha value is -0.560. The molecule has 0 aromatic heterocycles. The third kappa shape index (κ3) is 702. The van der Waals surface area contributed by atoms with Crippen molar-refractivity contribution in [3.05, 3.63) is 0 Å². The minimum Gasteiger partial charge on any atom is -0.377 e. The zero-order chi connectivity index (χ0) is 8.08. The van der Waals surface area contributed by atoms with Gasteiger partial charge in [0.1, 0.15) is 0 Å². The first-order chi connectivity index (χ1) is 3.73. The fourth-order valence-electron chi connectivity index (χ4n) is 0. The predicted molar refractivity (Wildman–Crippen MR) is 29.2 cm³/mol. The average Bonchev–Trinajstić information content (AvgIpc) is 1.19. The maximum Gasteiger partial charge on any atom is 0.519 e. The molecule has 0 radical (unpaired) electrons. The largest absolute Gasteiger partial charge is 0.519 e. The van der Waals surface area contributed by atoms with Gasteiger partial charge in [-0.15, -0.1) is 13.2 Å². The summed E-state index contributed by atoms with van der Waals surface area (Å²) in [5, 5.41) is 6.52. The van der Waals surface area contributed by atoms with E-state index in [1.165, 1.54) is 0 Å². The first-order valence-electron chi connectivity index (χ1n) is 1.57. The maximum absolute atomic E-state index is 9.91. The summed E-state index contributed by atoms with van der Waals surface area (Å²) in [6.45, 7) is 0. The lowest BCUT2D eigenvalue weighted by molar-refractivity contribution is -0.295. The van der Waals surface area contributed by atoms with Crippen LogP contribution in [0.3, 0.4) is 0 Å². The lowest BCUT2D eigenvalue weighted by Crippen LogP contribution is -2.18. The van der Waals surface area contributed by atoms with Crippen molar-refractivity contribution in [2.24, 2.45) is 11.5 Å². The molecule has 0 fully saturated rings. The SMILES string of the molecule is NC(N)=S.OC(F)(F)F. The predicted octanol–water partition coefficient (Wildman–Crippen LogP) is -0.313. The Kier molecular flexibility index (Phi) is 5.42. The van der Waals surface area contributed by atoms with Gasteiger partial charge in [-0.2, -0.15) is 0 Å². The highest BCUT2D eigenvalue weighted by atomic mass is 32.1. The van der Waals surface area contributed by atoms with E-state index in [0.717, 1.165) is 0 Å². The van der Waals surface area contributed by atoms with E-state index >= 15 is 0 Å². The summed E-state index contributed by atoms with van der Waals surface area (Å²) in [5.41, 5.74) is 9.24. The van der Waals surface area contributed by atoms with Crippen LogP contribution < -0.4 is 11.5 Å². The highest BCUT2D eigenvalue weighted by Crippen LogP contribution is 2.06. The van der Waals surface area contributed by atoms with Crippen LogP contribution in [0.15, 0.2) is 0 Å². The summed E-state index contributed by atoms with van der Waals surface area (Å²) in [5.74, 6) is 0. The highest BCUT2D eigenvalue weighted by Gasteiger charge is 2.20. The van der Waals surface area contributed by atoms with Gasteiger partial charge in [-0.1, -0.05) is 0 Å². The van der Waals surface area contributed by atoms with E-state index in [-0.39, 0.29) is 5.11 Å². The molecule has 0 rings (SSSR count). The van der Waals surface area contributed by atoms with Crippen LogP contribution in [0.1, 0.15) is 0 Å². The molecule has 0 aliphatic carbocycles. The molecule has 0 aromatic rings. The number of rotatable bonds is 0. The van der Waals surface area contributed by atoms with E-state index < -0.39 is 6.36 Å². The average molecular weight is 162 g/mol. The molecule has 56 valence electrons. The molecular formula is C2H5F3N2OS. The summed E-state index contributed by atoms with van der Waals surface area (Å²) >= 11 is 4.09. The molecule has 5 N–H and O–H groups in total. The minimum absolute atomic E-state index is 0.000000000000000222. The lowest BCUT2D eigenvalue weighted by atomic mass is 11.3. The van der Waals surface area contributed by atoms with E-state index in [9.17, 15) is 13.2 Å². The van der Waals surface area contributed by atoms with Crippen molar-refractivity contribution in [1.82, 2.24) is 0 Å². The highest BCUT2D eigenvalue weighted by molar-refractivity contribution is 7.80. The number of aliphatic hydroxyl groups is 1. The van der Waals surface area contributed by atoms with Crippen molar-refractivity contribution in [2.75, 3.05) is 0 Å². The Morgan fingerprint density at radius 2 is 1.33 bits per heavy atom. The van der Waals surface area contributed by atoms with Gasteiger partial charge >= 0.3 is 6.36 Å². The zero-order valence-electron chi connectivity index (χ0n) is 4.14. The minimum atomic E-state index is -5.00. The first-order valence-corrected chi connectivity index (χ1v) is 1.98. The number of thiocarbonyl (C=S) groups is 1. The monoisotopic (exact) mass is 162 g/mol. The molecule has 0 aromatic carbocycles. The summed E-state index contributed by atoms with van der Waals surface area (Å²) in [6.07, 6.45) is -5.00. The Labute approximate surface area is 54.4 Å². The second kappa shape index (κ2) is 4.33. The molecule has 0 atom stereocenters. The van der Waals surface area contributed by atoms with Gasteiger partial charge in [0.05, 0.1) is 0 Å². The summed E-state index contributed by atoms with van der Waals surface area (Å²) in [6, 6.07) is 0. The standard InChI is InChI=1S/CHF3O.CH4N2S/c2-1(3,4)5;2-1(3)4/h5H;(H4,2,3,4). The van der Waals surface area contributed by atoms with Gasteiger partial charge in [-0.25, -0.2) is 0 Å². The summed E-state index contributed by atoms with van der Waals surface area (Å²) < 4.78 is 29.7. The fraction of sp³-hybridized carbons (Fsp3) is 0.500. The third-order valence-electron chi connectivity index (χ3n) is 0. The number of nitrogens with two attached hydrogens (primary N) is 2. The molecule has 0 saturated carbocycles. The summed E-state index contributed by atoms with van der Waals surface area (Å²) in [7, 11) is 0. The molecule has 0 aliphatic rings. The second-order valence-electron chi connectivity index (χ2n) is 0.870. The van der Waals surface area contributed by atoms with E-state index in [4.69, 9.17) is 5.11 Å². The molecule has 0 spiro atoms. The van der Waals surface area contributed by atoms with E-state index in [1.807, 2.05) is 0 Å². The molecule has 0 aliphatic heterocycles. The topological polar surface area (TPSA) is 72.3 Å². The van der Waals surface area contributed by atoms with Crippen molar-refractivity contribution in [3.8, 4) is 0 Å². The molecule has 0 amide bonds. The molecule has 0 saturated heterocycles. The Morgan fingerprint density at radius 3 is 1.33 bits per heavy atom. The smallest absolute Gasteiger partial charge is 0.377 e. The van der Waals surface area contributed by atoms with Crippen LogP contribution in [0.25, 0.3) is 0 Å². The van der Waals surface area contributed by atoms with E-state index in [0.29, 0.717) is 0 Å². The normalized spacial score (nSPS) is 9.33. The van der Waals surface area contributed by atoms with Crippen molar-refractivity contribution in [3.63, 3.8) is 0 Å². The number of hydrogen-bond donors (Lipinski definition) is 3. The van der Waals surface area contributed by atoms with Crippen molar-refractivity contribution < 1.29 is 18.3 Å². The van der Waals surface area contributed by atoms with Crippen molar-refractivity contribution in [1.29, 1.82) is 0 Å². The van der Waals surface area contributed by atoms with Crippen LogP contribution in [0, 0.1) is 0 Å². The molecule has 9 heavy (non-hydrogen) atoms. The van der Waals surface area contributed by atoms with E-state index in [1.54, 1.807) is 0 Å². The van der Waals surface area contributed by atoms with E-state index in [2.05, 4.69) is 23.7 Å². The Balaban J connectivity index is 0. The van der Waals surface area contributed by atoms with Gasteiger partial charge in [-0.05, 0) is 12.2 Å². The Morgan fingerprint density at radius 1 is 1.33 bits per heavy atom. The van der Waals surface area contributed by atoms with Crippen LogP contribution >= 0.6 is 12.2 Å². The van der Waals surface area contributed by atoms with Gasteiger partial charge in [0.25, 0.3) is 0 Å². The van der Waals surface area contributed by atoms with Crippen molar-refractivity contribution >= 4 is 17.3 Å². The molecule has 7 heteroatoms. The van der Waals surface area contributed by atoms with Crippen LogP contribution in [-0.2, 0) is 0 Å². The van der Waals surface area contributed by atoms with Gasteiger partial charge in [0.15, 0.2) is 5.11 Å². The van der Waals surface area contributed by atoms with Gasteiger partial charge in [0, 0.05) is 0 Å². The zero-order valence-corrected chi connectivity index (χ0v) is 4.96. The van der Waals surface area contributed by atoms with Crippen LogP contribution in [-0.4, -0.2) is 16.6 Å². The number of halogens is 3. The maximum atomic E-state index is 9.91. The van der Waals surface area contributed by atoms with Gasteiger partial charge in [-0.3, -0.25) is 0 Å². The molecule has 3 nitrogen and oxygen atoms in total. The number of hydrogen-bond acceptors (Lipinski definition) is 2. The lowest BCUT2D eigenvalue weighted by Gasteiger charge is -1.86. The Bertz CT molecular complexity index is 82.3. The van der Waals surface area contributed by atoms with Crippen LogP contribution in [0.5, 0.6) is 0 Å². The van der Waals surface area contributed by atoms with Crippen LogP contribution in [0.2, 0.25) is 0 Å². The quantitative estimate of drug-likeness (QED) is 0.427. The van der Waals surface area contributed by atoms with Crippen molar-refractivity contribution in [2.45, 2.75) is 6.36 Å². The summed E-state index contributed by atoms with van der Waals surface area (Å²) in [4.78, 5) is 0. The fourth-order valence-corrected chi connectivity index (χ4v) is 0. The number of alkyl halides is 3. The molecular weight excluding hydrogens is 157 g/mol. The third-order valence-corrected chi connectivity index (χ3v) is 0. The molecule has 0 heterocycles. The van der Waals surface area contributed by atoms with Crippen LogP contribution in [0.4, 0.5) is 13.2 Å². The molecule has 0 bridgehead atoms. The van der Waals surface area contributed by atoms with Gasteiger partial charge in [0.2, 0.25) is 0 Å². The second-order valence-corrected chi connectivity index (χ2v) is 1.34.